The minimum absolute atomic E-state index is 0.0276. The van der Waals surface area contributed by atoms with E-state index < -0.39 is 0 Å². The molecular weight excluding hydrogens is 380 g/mol. The Morgan fingerprint density at radius 3 is 2.63 bits per heavy atom. The molecule has 8 nitrogen and oxygen atoms in total. The Balaban J connectivity index is 1.37. The maximum Gasteiger partial charge on any atom is 0.276 e. The summed E-state index contributed by atoms with van der Waals surface area (Å²) in [6.45, 7) is 8.30. The molecule has 30 heavy (non-hydrogen) atoms. The van der Waals surface area contributed by atoms with Gasteiger partial charge in [0.2, 0.25) is 5.88 Å². The molecule has 162 valence electrons. The molecule has 1 unspecified atom stereocenters. The minimum Gasteiger partial charge on any atom is -0.481 e. The van der Waals surface area contributed by atoms with E-state index >= 15 is 0 Å². The van der Waals surface area contributed by atoms with Gasteiger partial charge in [-0.15, -0.1) is 5.10 Å². The van der Waals surface area contributed by atoms with E-state index in [0.717, 1.165) is 44.6 Å². The van der Waals surface area contributed by atoms with Crippen molar-refractivity contribution in [2.45, 2.75) is 52.1 Å². The van der Waals surface area contributed by atoms with E-state index in [9.17, 15) is 4.79 Å². The van der Waals surface area contributed by atoms with Crippen LogP contribution in [0.3, 0.4) is 0 Å². The average molecular weight is 413 g/mol. The topological polar surface area (TPSA) is 76.4 Å². The van der Waals surface area contributed by atoms with Crippen LogP contribution in [0.4, 0.5) is 0 Å². The molecule has 1 aliphatic heterocycles. The van der Waals surface area contributed by atoms with Crippen molar-refractivity contribution >= 4 is 5.91 Å². The van der Waals surface area contributed by atoms with Crippen LogP contribution in [0.5, 0.6) is 5.88 Å². The summed E-state index contributed by atoms with van der Waals surface area (Å²) in [6, 6.07) is 6.28. The molecule has 2 aromatic rings. The number of carbonyl (C=O) groups excluding carboxylic acids is 1. The van der Waals surface area contributed by atoms with Gasteiger partial charge in [-0.05, 0) is 64.1 Å². The first-order valence-corrected chi connectivity index (χ1v) is 11.0. The van der Waals surface area contributed by atoms with Gasteiger partial charge in [-0.2, -0.15) is 0 Å². The molecule has 1 saturated heterocycles. The largest absolute Gasteiger partial charge is 0.481 e. The predicted octanol–water partition coefficient (Wildman–Crippen LogP) is 2.78. The molecule has 0 aromatic carbocycles. The minimum atomic E-state index is -0.0276. The maximum absolute atomic E-state index is 12.6. The number of pyridine rings is 1. The predicted molar refractivity (Wildman–Crippen MR) is 113 cm³/mol. The van der Waals surface area contributed by atoms with E-state index in [-0.39, 0.29) is 11.3 Å². The number of hydrogen-bond donors (Lipinski definition) is 0. The SMILES string of the molecule is CCN(CC)C(=O)c1cn(C2CCC23CCN(Cc2cccc(OC)n2)CC3)nn1. The van der Waals surface area contributed by atoms with Gasteiger partial charge in [0.15, 0.2) is 5.69 Å². The van der Waals surface area contributed by atoms with Gasteiger partial charge in [-0.25, -0.2) is 9.67 Å². The Kier molecular flexibility index (Phi) is 6.04. The van der Waals surface area contributed by atoms with E-state index in [0.29, 0.717) is 30.7 Å². The molecule has 2 aliphatic rings. The van der Waals surface area contributed by atoms with Crippen molar-refractivity contribution in [1.82, 2.24) is 29.8 Å². The fourth-order valence-electron chi connectivity index (χ4n) is 4.92. The van der Waals surface area contributed by atoms with Gasteiger partial charge in [0.25, 0.3) is 5.91 Å². The van der Waals surface area contributed by atoms with Crippen LogP contribution >= 0.6 is 0 Å². The second-order valence-corrected chi connectivity index (χ2v) is 8.43. The van der Waals surface area contributed by atoms with Crippen molar-refractivity contribution in [3.63, 3.8) is 0 Å². The first-order chi connectivity index (χ1) is 14.6. The third-order valence-corrected chi connectivity index (χ3v) is 6.95. The summed E-state index contributed by atoms with van der Waals surface area (Å²) in [4.78, 5) is 21.4. The lowest BCUT2D eigenvalue weighted by atomic mass is 9.59. The van der Waals surface area contributed by atoms with Gasteiger partial charge in [0.05, 0.1) is 25.0 Å². The first-order valence-electron chi connectivity index (χ1n) is 11.0. The Labute approximate surface area is 178 Å². The third kappa shape index (κ3) is 3.93. The highest BCUT2D eigenvalue weighted by Gasteiger charge is 2.49. The number of hydrogen-bond acceptors (Lipinski definition) is 6. The van der Waals surface area contributed by atoms with Crippen LogP contribution in [0.15, 0.2) is 24.4 Å². The molecule has 1 atom stereocenters. The van der Waals surface area contributed by atoms with Crippen molar-refractivity contribution < 1.29 is 9.53 Å². The summed E-state index contributed by atoms with van der Waals surface area (Å²) in [5, 5.41) is 8.54. The smallest absolute Gasteiger partial charge is 0.276 e. The molecular formula is C22H32N6O2. The van der Waals surface area contributed by atoms with Gasteiger partial charge in [0.1, 0.15) is 0 Å². The number of carbonyl (C=O) groups is 1. The number of ether oxygens (including phenoxy) is 1. The molecule has 1 aliphatic carbocycles. The second kappa shape index (κ2) is 8.71. The Bertz CT molecular complexity index is 870. The van der Waals surface area contributed by atoms with Crippen LogP contribution in [0.25, 0.3) is 0 Å². The van der Waals surface area contributed by atoms with Gasteiger partial charge in [-0.1, -0.05) is 11.3 Å². The lowest BCUT2D eigenvalue weighted by Crippen LogP contribution is -2.49. The molecule has 0 N–H and O–H groups in total. The maximum atomic E-state index is 12.6. The van der Waals surface area contributed by atoms with E-state index in [4.69, 9.17) is 4.74 Å². The fraction of sp³-hybridized carbons (Fsp3) is 0.636. The van der Waals surface area contributed by atoms with Crippen molar-refractivity contribution in [3.05, 3.63) is 35.8 Å². The highest BCUT2D eigenvalue weighted by Crippen LogP contribution is 2.56. The summed E-state index contributed by atoms with van der Waals surface area (Å²) in [6.07, 6.45) is 6.47. The van der Waals surface area contributed by atoms with Crippen LogP contribution in [-0.4, -0.2) is 69.0 Å². The van der Waals surface area contributed by atoms with Gasteiger partial charge in [0, 0.05) is 25.7 Å². The molecule has 0 radical (unpaired) electrons. The highest BCUT2D eigenvalue weighted by atomic mass is 16.5. The molecule has 2 fully saturated rings. The van der Waals surface area contributed by atoms with Gasteiger partial charge < -0.3 is 9.64 Å². The Hall–Kier alpha value is -2.48. The Morgan fingerprint density at radius 1 is 1.23 bits per heavy atom. The summed E-state index contributed by atoms with van der Waals surface area (Å²) in [5.74, 6) is 0.640. The zero-order valence-electron chi connectivity index (χ0n) is 18.3. The second-order valence-electron chi connectivity index (χ2n) is 8.43. The zero-order valence-corrected chi connectivity index (χ0v) is 18.3. The first kappa shape index (κ1) is 20.8. The number of rotatable bonds is 7. The summed E-state index contributed by atoms with van der Waals surface area (Å²) < 4.78 is 7.20. The van der Waals surface area contributed by atoms with E-state index in [2.05, 4.69) is 26.3 Å². The number of nitrogens with zero attached hydrogens (tertiary/aromatic N) is 6. The van der Waals surface area contributed by atoms with E-state index in [1.54, 1.807) is 12.0 Å². The average Bonchev–Trinajstić information content (AvgIpc) is 3.23. The lowest BCUT2D eigenvalue weighted by Gasteiger charge is -2.53. The van der Waals surface area contributed by atoms with Crippen molar-refractivity contribution in [2.75, 3.05) is 33.3 Å². The van der Waals surface area contributed by atoms with Crippen molar-refractivity contribution in [1.29, 1.82) is 0 Å². The summed E-state index contributed by atoms with van der Waals surface area (Å²) in [7, 11) is 1.65. The molecule has 0 bridgehead atoms. The quantitative estimate of drug-likeness (QED) is 0.696. The highest BCUT2D eigenvalue weighted by molar-refractivity contribution is 5.91. The monoisotopic (exact) mass is 412 g/mol. The lowest BCUT2D eigenvalue weighted by molar-refractivity contribution is -0.0336. The standard InChI is InChI=1S/C22H32N6O2/c1-4-27(5-2)21(29)18-16-28(25-24-18)19-9-10-22(19)11-13-26(14-12-22)15-17-7-6-8-20(23-17)30-3/h6-8,16,19H,4-5,9-15H2,1-3H3. The number of amides is 1. The summed E-state index contributed by atoms with van der Waals surface area (Å²) in [5.41, 5.74) is 1.79. The van der Waals surface area contributed by atoms with Gasteiger partial charge in [-0.3, -0.25) is 9.69 Å². The van der Waals surface area contributed by atoms with Gasteiger partial charge >= 0.3 is 0 Å². The van der Waals surface area contributed by atoms with Crippen LogP contribution < -0.4 is 4.74 Å². The van der Waals surface area contributed by atoms with Crippen molar-refractivity contribution in [2.24, 2.45) is 5.41 Å². The molecule has 1 spiro atoms. The van der Waals surface area contributed by atoms with Crippen LogP contribution in [0, 0.1) is 5.41 Å². The molecule has 3 heterocycles. The zero-order chi connectivity index (χ0) is 21.1. The Morgan fingerprint density at radius 2 is 2.00 bits per heavy atom. The number of methoxy groups -OCH3 is 1. The van der Waals surface area contributed by atoms with Crippen LogP contribution in [0.2, 0.25) is 0 Å². The van der Waals surface area contributed by atoms with Crippen LogP contribution in [0.1, 0.15) is 61.8 Å². The molecule has 4 rings (SSSR count). The number of piperidine rings is 1. The van der Waals surface area contributed by atoms with E-state index in [1.807, 2.05) is 36.9 Å². The fourth-order valence-corrected chi connectivity index (χ4v) is 4.92. The normalized spacial score (nSPS) is 20.7. The van der Waals surface area contributed by atoms with Crippen LogP contribution in [-0.2, 0) is 6.54 Å². The third-order valence-electron chi connectivity index (χ3n) is 6.95. The molecule has 2 aromatic heterocycles. The molecule has 1 saturated carbocycles. The molecule has 1 amide bonds. The van der Waals surface area contributed by atoms with E-state index in [1.165, 1.54) is 6.42 Å². The van der Waals surface area contributed by atoms with Crippen molar-refractivity contribution in [3.8, 4) is 5.88 Å². The number of likely N-dealkylation sites (tertiary alicyclic amines) is 1. The summed E-state index contributed by atoms with van der Waals surface area (Å²) >= 11 is 0. The molecule has 8 heteroatoms. The number of aromatic nitrogens is 4.